The molecule has 0 spiro atoms. The molecule has 1 N–H and O–H groups in total. The molecule has 2 aromatic heterocycles. The van der Waals surface area contributed by atoms with Gasteiger partial charge < -0.3 is 19.4 Å². The lowest BCUT2D eigenvalue weighted by Crippen LogP contribution is -2.49. The lowest BCUT2D eigenvalue weighted by atomic mass is 9.74. The van der Waals surface area contributed by atoms with Gasteiger partial charge in [0.2, 0.25) is 5.91 Å². The number of nitrogens with zero attached hydrogens (tertiary/aromatic N) is 6. The van der Waals surface area contributed by atoms with Crippen LogP contribution < -0.4 is 9.64 Å². The van der Waals surface area contributed by atoms with Gasteiger partial charge in [0, 0.05) is 48.7 Å². The van der Waals surface area contributed by atoms with Gasteiger partial charge >= 0.3 is 6.01 Å². The SMILES string of the molecule is C=CC(=O)N1CCN(c2nc(OCCCN(C)C)nc3c2C[C@@H](C)C(c2c(Cl)c(C)cc4[nH]ncc24)C3)CC1. The highest BCUT2D eigenvalue weighted by Crippen LogP contribution is 2.45. The number of H-pyrrole nitrogens is 1. The Kier molecular flexibility index (Phi) is 8.09. The summed E-state index contributed by atoms with van der Waals surface area (Å²) in [5, 5.41) is 9.30. The fourth-order valence-electron chi connectivity index (χ4n) is 5.87. The largest absolute Gasteiger partial charge is 0.463 e. The van der Waals surface area contributed by atoms with Gasteiger partial charge in [-0.25, -0.2) is 0 Å². The van der Waals surface area contributed by atoms with Crippen LogP contribution >= 0.6 is 11.6 Å². The Labute approximate surface area is 235 Å². The lowest BCUT2D eigenvalue weighted by Gasteiger charge is -2.38. The van der Waals surface area contributed by atoms with E-state index in [1.54, 1.807) is 0 Å². The van der Waals surface area contributed by atoms with Gasteiger partial charge in [-0.05, 0) is 75.4 Å². The van der Waals surface area contributed by atoms with E-state index >= 15 is 0 Å². The second kappa shape index (κ2) is 11.5. The summed E-state index contributed by atoms with van der Waals surface area (Å²) in [5.74, 6) is 1.42. The van der Waals surface area contributed by atoms with Crippen LogP contribution in [0, 0.1) is 12.8 Å². The van der Waals surface area contributed by atoms with Crippen LogP contribution in [-0.2, 0) is 17.6 Å². The van der Waals surface area contributed by atoms with Crippen LogP contribution in [0.2, 0.25) is 5.02 Å². The van der Waals surface area contributed by atoms with Gasteiger partial charge in [-0.15, -0.1) is 0 Å². The van der Waals surface area contributed by atoms with Gasteiger partial charge in [0.15, 0.2) is 0 Å². The van der Waals surface area contributed by atoms with Crippen molar-refractivity contribution in [1.82, 2.24) is 30.0 Å². The maximum absolute atomic E-state index is 12.2. The number of nitrogens with one attached hydrogen (secondary N) is 1. The monoisotopic (exact) mass is 551 g/mol. The summed E-state index contributed by atoms with van der Waals surface area (Å²) in [6, 6.07) is 2.48. The maximum atomic E-state index is 12.2. The molecule has 2 aliphatic rings. The molecule has 0 saturated carbocycles. The van der Waals surface area contributed by atoms with E-state index in [2.05, 4.69) is 53.7 Å². The normalized spacial score (nSPS) is 19.4. The molecule has 9 nitrogen and oxygen atoms in total. The van der Waals surface area contributed by atoms with Gasteiger partial charge in [0.25, 0.3) is 0 Å². The van der Waals surface area contributed by atoms with Crippen molar-refractivity contribution < 1.29 is 9.53 Å². The first-order chi connectivity index (χ1) is 18.8. The Hall–Kier alpha value is -3.17. The predicted octanol–water partition coefficient (Wildman–Crippen LogP) is 4.00. The standard InChI is InChI=1S/C29H38ClN7O2/c1-6-25(38)36-9-11-37(12-10-36)28-21-14-18(2)20(26-22-17-31-34-24(22)15-19(3)27(26)30)16-23(21)32-29(33-28)39-13-7-8-35(4)5/h6,15,17-18,20H,1,7-14,16H2,2-5H3,(H,31,34)/t18-,20?/m1/s1. The quantitative estimate of drug-likeness (QED) is 0.334. The number of fused-ring (bicyclic) bond motifs is 2. The minimum absolute atomic E-state index is 0.0265. The van der Waals surface area contributed by atoms with Crippen molar-refractivity contribution in [2.75, 3.05) is 58.3 Å². The van der Waals surface area contributed by atoms with Crippen molar-refractivity contribution in [3.05, 3.63) is 52.3 Å². The van der Waals surface area contributed by atoms with Crippen molar-refractivity contribution in [2.45, 2.75) is 39.0 Å². The van der Waals surface area contributed by atoms with Crippen LogP contribution in [-0.4, -0.2) is 89.3 Å². The number of benzene rings is 1. The van der Waals surface area contributed by atoms with Crippen LogP contribution in [0.4, 0.5) is 5.82 Å². The number of carbonyl (C=O) groups is 1. The molecule has 0 radical (unpaired) electrons. The molecular formula is C29H38ClN7O2. The third-order valence-corrected chi connectivity index (χ3v) is 8.50. The third-order valence-electron chi connectivity index (χ3n) is 8.00. The number of ether oxygens (including phenoxy) is 1. The lowest BCUT2D eigenvalue weighted by molar-refractivity contribution is -0.126. The van der Waals surface area contributed by atoms with Crippen molar-refractivity contribution in [1.29, 1.82) is 0 Å². The van der Waals surface area contributed by atoms with Crippen molar-refractivity contribution in [3.63, 3.8) is 0 Å². The van der Waals surface area contributed by atoms with E-state index in [4.69, 9.17) is 26.3 Å². The molecule has 208 valence electrons. The minimum Gasteiger partial charge on any atom is -0.463 e. The topological polar surface area (TPSA) is 90.5 Å². The summed E-state index contributed by atoms with van der Waals surface area (Å²) in [6.07, 6.45) is 5.75. The predicted molar refractivity (Wildman–Crippen MR) is 155 cm³/mol. The molecule has 3 aromatic rings. The molecule has 1 aliphatic heterocycles. The van der Waals surface area contributed by atoms with Crippen LogP contribution in [0.25, 0.3) is 10.9 Å². The number of anilines is 1. The number of piperazine rings is 1. The average molecular weight is 552 g/mol. The number of rotatable bonds is 8. The molecule has 1 unspecified atom stereocenters. The van der Waals surface area contributed by atoms with E-state index in [9.17, 15) is 4.79 Å². The smallest absolute Gasteiger partial charge is 0.318 e. The Bertz CT molecular complexity index is 1360. The van der Waals surface area contributed by atoms with Crippen LogP contribution in [0.5, 0.6) is 6.01 Å². The van der Waals surface area contributed by atoms with Crippen LogP contribution in [0.3, 0.4) is 0 Å². The zero-order chi connectivity index (χ0) is 27.7. The van der Waals surface area contributed by atoms with E-state index < -0.39 is 0 Å². The average Bonchev–Trinajstić information content (AvgIpc) is 3.39. The maximum Gasteiger partial charge on any atom is 0.318 e. The Balaban J connectivity index is 1.49. The van der Waals surface area contributed by atoms with E-state index in [1.165, 1.54) is 11.6 Å². The number of aryl methyl sites for hydroxylation is 1. The Morgan fingerprint density at radius 3 is 2.74 bits per heavy atom. The summed E-state index contributed by atoms with van der Waals surface area (Å²) < 4.78 is 6.10. The van der Waals surface area contributed by atoms with Gasteiger partial charge in [-0.2, -0.15) is 15.1 Å². The number of halogens is 1. The molecule has 1 aromatic carbocycles. The number of carbonyl (C=O) groups excluding carboxylic acids is 1. The summed E-state index contributed by atoms with van der Waals surface area (Å²) in [4.78, 5) is 28.3. The number of aromatic amines is 1. The molecule has 0 bridgehead atoms. The second-order valence-corrected chi connectivity index (χ2v) is 11.4. The van der Waals surface area contributed by atoms with Crippen molar-refractivity contribution >= 4 is 34.2 Å². The Morgan fingerprint density at radius 2 is 2.03 bits per heavy atom. The van der Waals surface area contributed by atoms with Crippen LogP contribution in [0.15, 0.2) is 24.9 Å². The zero-order valence-electron chi connectivity index (χ0n) is 23.3. The number of amides is 1. The molecule has 1 aliphatic carbocycles. The first kappa shape index (κ1) is 27.4. The van der Waals surface area contributed by atoms with E-state index in [0.717, 1.165) is 64.4 Å². The highest BCUT2D eigenvalue weighted by molar-refractivity contribution is 6.33. The molecule has 1 saturated heterocycles. The number of hydrogen-bond acceptors (Lipinski definition) is 7. The van der Waals surface area contributed by atoms with E-state index in [-0.39, 0.29) is 11.8 Å². The summed E-state index contributed by atoms with van der Waals surface area (Å²) >= 11 is 6.95. The molecule has 2 atom stereocenters. The molecule has 5 rings (SSSR count). The van der Waals surface area contributed by atoms with Crippen LogP contribution in [0.1, 0.15) is 41.6 Å². The highest BCUT2D eigenvalue weighted by Gasteiger charge is 2.35. The molecule has 39 heavy (non-hydrogen) atoms. The fourth-order valence-corrected chi connectivity index (χ4v) is 6.16. The minimum atomic E-state index is -0.0265. The van der Waals surface area contributed by atoms with E-state index in [0.29, 0.717) is 44.7 Å². The summed E-state index contributed by atoms with van der Waals surface area (Å²) in [7, 11) is 4.11. The van der Waals surface area contributed by atoms with E-state index in [1.807, 2.05) is 18.0 Å². The van der Waals surface area contributed by atoms with Crippen molar-refractivity contribution in [2.24, 2.45) is 5.92 Å². The van der Waals surface area contributed by atoms with Gasteiger partial charge in [-0.3, -0.25) is 9.89 Å². The summed E-state index contributed by atoms with van der Waals surface area (Å²) in [5.41, 5.74) is 5.38. The Morgan fingerprint density at radius 1 is 1.26 bits per heavy atom. The summed E-state index contributed by atoms with van der Waals surface area (Å²) in [6.45, 7) is 12.1. The molecule has 3 heterocycles. The molecule has 10 heteroatoms. The molecular weight excluding hydrogens is 514 g/mol. The van der Waals surface area contributed by atoms with Gasteiger partial charge in [0.05, 0.1) is 24.0 Å². The van der Waals surface area contributed by atoms with Crippen molar-refractivity contribution in [3.8, 4) is 6.01 Å². The number of aromatic nitrogens is 4. The highest BCUT2D eigenvalue weighted by atomic mass is 35.5. The third kappa shape index (κ3) is 5.61. The van der Waals surface area contributed by atoms with Gasteiger partial charge in [-0.1, -0.05) is 25.1 Å². The molecule has 1 amide bonds. The zero-order valence-corrected chi connectivity index (χ0v) is 24.1. The second-order valence-electron chi connectivity index (χ2n) is 11.0. The van der Waals surface area contributed by atoms with Gasteiger partial charge in [0.1, 0.15) is 5.82 Å². The number of hydrogen-bond donors (Lipinski definition) is 1. The fraction of sp³-hybridized carbons (Fsp3) is 0.517. The first-order valence-corrected chi connectivity index (χ1v) is 14.1. The molecule has 1 fully saturated rings. The first-order valence-electron chi connectivity index (χ1n) is 13.7.